The lowest BCUT2D eigenvalue weighted by molar-refractivity contribution is 0.254. The summed E-state index contributed by atoms with van der Waals surface area (Å²) in [6.45, 7) is 3.75. The Morgan fingerprint density at radius 2 is 1.89 bits per heavy atom. The summed E-state index contributed by atoms with van der Waals surface area (Å²) in [4.78, 5) is 18.7. The zero-order chi connectivity index (χ0) is 25.5. The first-order valence-electron chi connectivity index (χ1n) is 13.0. The maximum atomic E-state index is 11.8. The smallest absolute Gasteiger partial charge is 0.250 e. The summed E-state index contributed by atoms with van der Waals surface area (Å²) in [5, 5.41) is 4.71. The number of fused-ring (bicyclic) bond motifs is 2. The monoisotopic (exact) mass is 511 g/mol. The minimum Gasteiger partial charge on any atom is -0.494 e. The maximum absolute atomic E-state index is 11.8. The summed E-state index contributed by atoms with van der Waals surface area (Å²) in [5.74, 6) is 0.855. The van der Waals surface area contributed by atoms with Crippen LogP contribution in [0.25, 0.3) is 21.0 Å². The van der Waals surface area contributed by atoms with E-state index in [2.05, 4.69) is 45.6 Å². The van der Waals surface area contributed by atoms with E-state index in [9.17, 15) is 4.79 Å². The molecule has 0 aliphatic rings. The van der Waals surface area contributed by atoms with Gasteiger partial charge in [-0.05, 0) is 90.5 Å². The second kappa shape index (κ2) is 12.2. The predicted molar refractivity (Wildman–Crippen MR) is 154 cm³/mol. The van der Waals surface area contributed by atoms with E-state index in [0.717, 1.165) is 62.0 Å². The van der Waals surface area contributed by atoms with Crippen LogP contribution in [0.15, 0.2) is 89.3 Å². The SMILES string of the molecule is Cn1c(=O)ccc2cc(OCCCCCN(CCc3cccnc3)Cc3csc4ccccc34)ccc21. The molecule has 5 nitrogen and oxygen atoms in total. The number of hydrogen-bond donors (Lipinski definition) is 0. The first-order valence-corrected chi connectivity index (χ1v) is 13.8. The molecule has 0 saturated heterocycles. The van der Waals surface area contributed by atoms with E-state index in [-0.39, 0.29) is 5.56 Å². The third-order valence-electron chi connectivity index (χ3n) is 6.88. The van der Waals surface area contributed by atoms with Crippen LogP contribution in [0.3, 0.4) is 0 Å². The van der Waals surface area contributed by atoms with Crippen LogP contribution in [0, 0.1) is 0 Å². The Hall–Kier alpha value is -3.48. The van der Waals surface area contributed by atoms with Crippen LogP contribution < -0.4 is 10.3 Å². The molecule has 6 heteroatoms. The Morgan fingerprint density at radius 3 is 2.78 bits per heavy atom. The van der Waals surface area contributed by atoms with Gasteiger partial charge in [-0.3, -0.25) is 14.7 Å². The largest absolute Gasteiger partial charge is 0.494 e. The number of thiophene rings is 1. The van der Waals surface area contributed by atoms with E-state index >= 15 is 0 Å². The van der Waals surface area contributed by atoms with Crippen LogP contribution in [0.5, 0.6) is 5.75 Å². The van der Waals surface area contributed by atoms with Crippen molar-refractivity contribution in [1.29, 1.82) is 0 Å². The van der Waals surface area contributed by atoms with Gasteiger partial charge in [0.15, 0.2) is 0 Å². The van der Waals surface area contributed by atoms with Gasteiger partial charge in [0.05, 0.1) is 12.1 Å². The van der Waals surface area contributed by atoms with Gasteiger partial charge in [-0.1, -0.05) is 24.3 Å². The quantitative estimate of drug-likeness (QED) is 0.181. The molecule has 0 N–H and O–H groups in total. The summed E-state index contributed by atoms with van der Waals surface area (Å²) < 4.78 is 9.05. The molecule has 190 valence electrons. The van der Waals surface area contributed by atoms with E-state index in [0.29, 0.717) is 6.61 Å². The highest BCUT2D eigenvalue weighted by molar-refractivity contribution is 7.17. The van der Waals surface area contributed by atoms with Crippen molar-refractivity contribution in [1.82, 2.24) is 14.5 Å². The molecule has 0 spiro atoms. The summed E-state index contributed by atoms with van der Waals surface area (Å²) in [7, 11) is 1.80. The van der Waals surface area contributed by atoms with Crippen molar-refractivity contribution in [3.8, 4) is 5.75 Å². The molecule has 0 atom stereocenters. The fourth-order valence-corrected chi connectivity index (χ4v) is 5.71. The van der Waals surface area contributed by atoms with E-state index in [1.54, 1.807) is 17.7 Å². The molecule has 0 amide bonds. The fraction of sp³-hybridized carbons (Fsp3) is 0.290. The van der Waals surface area contributed by atoms with Crippen molar-refractivity contribution in [3.05, 3.63) is 106 Å². The zero-order valence-electron chi connectivity index (χ0n) is 21.3. The second-order valence-corrected chi connectivity index (χ2v) is 10.4. The van der Waals surface area contributed by atoms with Crippen molar-refractivity contribution < 1.29 is 4.74 Å². The summed E-state index contributed by atoms with van der Waals surface area (Å²) >= 11 is 1.84. The van der Waals surface area contributed by atoms with Crippen molar-refractivity contribution in [2.75, 3.05) is 19.7 Å². The van der Waals surface area contributed by atoms with Gasteiger partial charge in [-0.15, -0.1) is 11.3 Å². The molecule has 5 rings (SSSR count). The lowest BCUT2D eigenvalue weighted by Crippen LogP contribution is -2.27. The molecule has 0 fully saturated rings. The third kappa shape index (κ3) is 6.45. The van der Waals surface area contributed by atoms with Gasteiger partial charge in [0.2, 0.25) is 0 Å². The average molecular weight is 512 g/mol. The number of nitrogens with zero attached hydrogens (tertiary/aromatic N) is 3. The van der Waals surface area contributed by atoms with Crippen molar-refractivity contribution in [2.45, 2.75) is 32.2 Å². The van der Waals surface area contributed by atoms with Gasteiger partial charge >= 0.3 is 0 Å². The normalized spacial score (nSPS) is 11.5. The zero-order valence-corrected chi connectivity index (χ0v) is 22.1. The highest BCUT2D eigenvalue weighted by atomic mass is 32.1. The summed E-state index contributed by atoms with van der Waals surface area (Å²) in [6, 6.07) is 22.3. The molecule has 0 radical (unpaired) electrons. The van der Waals surface area contributed by atoms with Gasteiger partial charge in [0, 0.05) is 48.7 Å². The molecule has 3 aromatic heterocycles. The number of aryl methyl sites for hydroxylation is 1. The van der Waals surface area contributed by atoms with E-state index < -0.39 is 0 Å². The Morgan fingerprint density at radius 1 is 0.973 bits per heavy atom. The molecule has 0 saturated carbocycles. The minimum absolute atomic E-state index is 0.00262. The number of benzene rings is 2. The van der Waals surface area contributed by atoms with Gasteiger partial charge in [-0.25, -0.2) is 0 Å². The molecule has 0 aliphatic heterocycles. The van der Waals surface area contributed by atoms with Crippen LogP contribution in [0.4, 0.5) is 0 Å². The number of rotatable bonds is 12. The summed E-state index contributed by atoms with van der Waals surface area (Å²) in [5.41, 5.74) is 3.63. The Balaban J connectivity index is 1.13. The lowest BCUT2D eigenvalue weighted by atomic mass is 10.1. The topological polar surface area (TPSA) is 47.4 Å². The molecule has 37 heavy (non-hydrogen) atoms. The van der Waals surface area contributed by atoms with E-state index in [4.69, 9.17) is 4.74 Å². The Bertz CT molecular complexity index is 1510. The van der Waals surface area contributed by atoms with Crippen molar-refractivity contribution in [3.63, 3.8) is 0 Å². The molecular weight excluding hydrogens is 478 g/mol. The third-order valence-corrected chi connectivity index (χ3v) is 7.89. The van der Waals surface area contributed by atoms with Gasteiger partial charge < -0.3 is 9.30 Å². The first kappa shape index (κ1) is 25.2. The average Bonchev–Trinajstić information content (AvgIpc) is 3.34. The number of aromatic nitrogens is 2. The standard InChI is InChI=1S/C31H33N3O2S/c1-33-29-13-12-27(20-25(29)11-14-31(33)35)36-19-6-2-5-17-34(18-15-24-8-7-16-32-21-24)22-26-23-37-30-10-4-3-9-28(26)30/h3-4,7-14,16,20-21,23H,2,5-6,15,17-19,22H2,1H3. The van der Waals surface area contributed by atoms with Gasteiger partial charge in [-0.2, -0.15) is 0 Å². The molecule has 2 aromatic carbocycles. The minimum atomic E-state index is 0.00262. The lowest BCUT2D eigenvalue weighted by Gasteiger charge is -2.22. The second-order valence-electron chi connectivity index (χ2n) is 9.50. The molecule has 0 unspecified atom stereocenters. The number of hydrogen-bond acceptors (Lipinski definition) is 5. The highest BCUT2D eigenvalue weighted by Gasteiger charge is 2.11. The van der Waals surface area contributed by atoms with E-state index in [1.165, 1.54) is 21.2 Å². The van der Waals surface area contributed by atoms with Crippen LogP contribution in [0.1, 0.15) is 30.4 Å². The Labute approximate surface area is 222 Å². The molecule has 3 heterocycles. The Kier molecular flexibility index (Phi) is 8.28. The van der Waals surface area contributed by atoms with Crippen molar-refractivity contribution >= 4 is 32.3 Å². The fourth-order valence-electron chi connectivity index (χ4n) is 4.76. The number of pyridine rings is 2. The van der Waals surface area contributed by atoms with Crippen LogP contribution in [-0.2, 0) is 20.0 Å². The van der Waals surface area contributed by atoms with Crippen molar-refractivity contribution in [2.24, 2.45) is 7.05 Å². The molecule has 5 aromatic rings. The van der Waals surface area contributed by atoms with E-state index in [1.807, 2.05) is 54.1 Å². The highest BCUT2D eigenvalue weighted by Crippen LogP contribution is 2.27. The van der Waals surface area contributed by atoms with Crippen LogP contribution in [0.2, 0.25) is 0 Å². The predicted octanol–water partition coefficient (Wildman–Crippen LogP) is 6.44. The molecular formula is C31H33N3O2S. The van der Waals surface area contributed by atoms with Gasteiger partial charge in [0.1, 0.15) is 5.75 Å². The first-order chi connectivity index (χ1) is 18.2. The number of unbranched alkanes of at least 4 members (excludes halogenated alkanes) is 2. The van der Waals surface area contributed by atoms with Crippen LogP contribution in [-0.4, -0.2) is 34.1 Å². The maximum Gasteiger partial charge on any atom is 0.250 e. The molecule has 0 bridgehead atoms. The van der Waals surface area contributed by atoms with Crippen LogP contribution >= 0.6 is 11.3 Å². The summed E-state index contributed by atoms with van der Waals surface area (Å²) in [6.07, 6.45) is 8.09. The van der Waals surface area contributed by atoms with Gasteiger partial charge in [0.25, 0.3) is 5.56 Å². The molecule has 0 aliphatic carbocycles. The number of ether oxygens (including phenoxy) is 1.